The molecule has 2 aromatic rings. The van der Waals surface area contributed by atoms with Crippen LogP contribution in [0.5, 0.6) is 5.75 Å². The number of fused-ring (bicyclic) bond motifs is 1. The molecule has 4 N–H and O–H groups in total. The third kappa shape index (κ3) is 2.66. The second-order valence-corrected chi connectivity index (χ2v) is 8.99. The second kappa shape index (κ2) is 6.71. The third-order valence-corrected chi connectivity index (χ3v) is 6.95. The van der Waals surface area contributed by atoms with Crippen LogP contribution in [0, 0.1) is 16.6 Å². The summed E-state index contributed by atoms with van der Waals surface area (Å²) in [6.45, 7) is 3.82. The highest BCUT2D eigenvalue weighted by Crippen LogP contribution is 2.50. The summed E-state index contributed by atoms with van der Waals surface area (Å²) in [5.74, 6) is 5.05. The van der Waals surface area contributed by atoms with Crippen LogP contribution in [-0.2, 0) is 0 Å². The lowest BCUT2D eigenvalue weighted by molar-refractivity contribution is 0.00976. The lowest BCUT2D eigenvalue weighted by Crippen LogP contribution is -2.44. The van der Waals surface area contributed by atoms with Crippen molar-refractivity contribution in [2.45, 2.75) is 32.7 Å². The van der Waals surface area contributed by atoms with Crippen LogP contribution >= 0.6 is 0 Å². The monoisotopic (exact) mass is 422 g/mol. The minimum absolute atomic E-state index is 0.0314. The summed E-state index contributed by atoms with van der Waals surface area (Å²) < 4.78 is 22.8. The largest absolute Gasteiger partial charge is 0.492 e. The van der Waals surface area contributed by atoms with E-state index < -0.39 is 27.9 Å². The molecule has 2 atom stereocenters. The molecule has 2 heterocycles. The highest BCUT2D eigenvalue weighted by Gasteiger charge is 2.52. The van der Waals surface area contributed by atoms with Gasteiger partial charge in [-0.15, -0.1) is 0 Å². The molecule has 1 saturated carbocycles. The number of aliphatic hydroxyl groups is 2. The molecule has 1 aromatic heterocycles. The van der Waals surface area contributed by atoms with E-state index in [9.17, 15) is 19.8 Å². The summed E-state index contributed by atoms with van der Waals surface area (Å²) in [5.41, 5.74) is -2.53. The first-order valence-electron chi connectivity index (χ1n) is 9.92. The van der Waals surface area contributed by atoms with Crippen molar-refractivity contribution in [3.63, 3.8) is 0 Å². The fourth-order valence-electron chi connectivity index (χ4n) is 4.52. The quantitative estimate of drug-likeness (QED) is 0.587. The number of aromatic nitrogens is 2. The fraction of sp³-hybridized carbons (Fsp3) is 0.600. The predicted octanol–water partition coefficient (Wildman–Crippen LogP) is 0.177. The molecule has 1 saturated heterocycles. The van der Waals surface area contributed by atoms with E-state index in [-0.39, 0.29) is 54.7 Å². The van der Waals surface area contributed by atoms with Crippen molar-refractivity contribution in [2.75, 3.05) is 44.2 Å². The van der Waals surface area contributed by atoms with E-state index in [0.29, 0.717) is 4.68 Å². The van der Waals surface area contributed by atoms with Crippen LogP contribution in [0.2, 0.25) is 0 Å². The van der Waals surface area contributed by atoms with Crippen molar-refractivity contribution in [2.24, 2.45) is 10.8 Å². The minimum atomic E-state index is -0.794. The Morgan fingerprint density at radius 2 is 1.77 bits per heavy atom. The Bertz CT molecular complexity index is 1120. The van der Waals surface area contributed by atoms with Crippen LogP contribution in [0.1, 0.15) is 32.7 Å². The Labute approximate surface area is 172 Å². The third-order valence-electron chi connectivity index (χ3n) is 6.95. The molecule has 9 nitrogen and oxygen atoms in total. The zero-order chi connectivity index (χ0) is 22.0. The standard InChI is InChI=1S/C20H27FN4O5/c1-19(9-26)7-23(8-20(19,2)10-27)15-13(21)6-12-14(16(15)30-3)24(11-4-5-11)18(29)25(22)17(12)28/h6,11,26-27H,4-5,7-10,22H2,1-3H3. The van der Waals surface area contributed by atoms with Gasteiger partial charge in [-0.2, -0.15) is 4.68 Å². The summed E-state index contributed by atoms with van der Waals surface area (Å²) in [6.07, 6.45) is 1.50. The molecule has 10 heteroatoms. The van der Waals surface area contributed by atoms with Gasteiger partial charge in [0.2, 0.25) is 0 Å². The number of ether oxygens (including phenoxy) is 1. The number of nitrogens with zero attached hydrogens (tertiary/aromatic N) is 3. The molecule has 1 aliphatic heterocycles. The number of methoxy groups -OCH3 is 1. The minimum Gasteiger partial charge on any atom is -0.492 e. The highest BCUT2D eigenvalue weighted by molar-refractivity contribution is 5.91. The van der Waals surface area contributed by atoms with Gasteiger partial charge in [0, 0.05) is 30.0 Å². The first-order chi connectivity index (χ1) is 14.1. The molecule has 0 radical (unpaired) electrons. The molecule has 2 fully saturated rings. The number of benzene rings is 1. The van der Waals surface area contributed by atoms with Gasteiger partial charge in [0.1, 0.15) is 11.2 Å². The van der Waals surface area contributed by atoms with E-state index >= 15 is 4.39 Å². The van der Waals surface area contributed by atoms with Crippen molar-refractivity contribution < 1.29 is 19.3 Å². The Kier molecular flexibility index (Phi) is 4.62. The molecule has 30 heavy (non-hydrogen) atoms. The number of halogens is 1. The van der Waals surface area contributed by atoms with Crippen LogP contribution in [-0.4, -0.2) is 52.9 Å². The van der Waals surface area contributed by atoms with Crippen LogP contribution in [0.15, 0.2) is 15.7 Å². The SMILES string of the molecule is COc1c(N2CC(C)(CO)C(C)(CO)C2)c(F)cc2c(=O)n(N)c(=O)n(C3CC3)c12. The molecular weight excluding hydrogens is 395 g/mol. The molecule has 0 bridgehead atoms. The van der Waals surface area contributed by atoms with Crippen molar-refractivity contribution in [3.8, 4) is 5.75 Å². The Morgan fingerprint density at radius 1 is 1.20 bits per heavy atom. The summed E-state index contributed by atoms with van der Waals surface area (Å²) in [6, 6.07) is 0.953. The Morgan fingerprint density at radius 3 is 2.23 bits per heavy atom. The van der Waals surface area contributed by atoms with Gasteiger partial charge < -0.3 is 25.7 Å². The lowest BCUT2D eigenvalue weighted by atomic mass is 9.69. The number of nitrogen functional groups attached to an aromatic ring is 1. The second-order valence-electron chi connectivity index (χ2n) is 8.99. The van der Waals surface area contributed by atoms with Crippen molar-refractivity contribution in [3.05, 3.63) is 32.7 Å². The topological polar surface area (TPSA) is 123 Å². The molecule has 1 aromatic carbocycles. The Balaban J connectivity index is 2.02. The average Bonchev–Trinajstić information content (AvgIpc) is 3.52. The Hall–Kier alpha value is -2.59. The molecule has 4 rings (SSSR count). The number of hydrogen-bond acceptors (Lipinski definition) is 7. The van der Waals surface area contributed by atoms with Crippen LogP contribution in [0.3, 0.4) is 0 Å². The lowest BCUT2D eigenvalue weighted by Gasteiger charge is -2.36. The van der Waals surface area contributed by atoms with Gasteiger partial charge in [0.25, 0.3) is 5.56 Å². The maximum absolute atomic E-state index is 15.4. The average molecular weight is 422 g/mol. The van der Waals surface area contributed by atoms with Crippen LogP contribution in [0.4, 0.5) is 10.1 Å². The zero-order valence-electron chi connectivity index (χ0n) is 17.3. The molecule has 164 valence electrons. The van der Waals surface area contributed by atoms with Gasteiger partial charge in [0.05, 0.1) is 25.7 Å². The molecule has 2 aliphatic rings. The van der Waals surface area contributed by atoms with Gasteiger partial charge >= 0.3 is 5.69 Å². The maximum atomic E-state index is 15.4. The zero-order valence-corrected chi connectivity index (χ0v) is 17.3. The maximum Gasteiger partial charge on any atom is 0.350 e. The smallest absolute Gasteiger partial charge is 0.350 e. The van der Waals surface area contributed by atoms with Crippen molar-refractivity contribution in [1.29, 1.82) is 0 Å². The first kappa shape index (κ1) is 20.7. The van der Waals surface area contributed by atoms with E-state index in [1.54, 1.807) is 4.90 Å². The summed E-state index contributed by atoms with van der Waals surface area (Å²) in [5, 5.41) is 19.9. The number of hydrogen-bond donors (Lipinski definition) is 3. The highest BCUT2D eigenvalue weighted by atomic mass is 19.1. The number of aliphatic hydroxyl groups excluding tert-OH is 2. The van der Waals surface area contributed by atoms with Gasteiger partial charge in [-0.05, 0) is 18.9 Å². The first-order valence-corrected chi connectivity index (χ1v) is 9.92. The van der Waals surface area contributed by atoms with Crippen LogP contribution in [0.25, 0.3) is 10.9 Å². The van der Waals surface area contributed by atoms with Gasteiger partial charge in [0.15, 0.2) is 11.6 Å². The summed E-state index contributed by atoms with van der Waals surface area (Å²) >= 11 is 0. The molecule has 0 amide bonds. The number of rotatable bonds is 5. The number of anilines is 1. The van der Waals surface area contributed by atoms with Gasteiger partial charge in [-0.1, -0.05) is 13.8 Å². The number of nitrogens with two attached hydrogens (primary N) is 1. The van der Waals surface area contributed by atoms with Crippen LogP contribution < -0.4 is 26.7 Å². The molecule has 1 aliphatic carbocycles. The molecule has 2 unspecified atom stereocenters. The van der Waals surface area contributed by atoms with E-state index in [2.05, 4.69) is 0 Å². The van der Waals surface area contributed by atoms with E-state index in [0.717, 1.165) is 18.9 Å². The fourth-order valence-corrected chi connectivity index (χ4v) is 4.52. The van der Waals surface area contributed by atoms with E-state index in [4.69, 9.17) is 10.6 Å². The van der Waals surface area contributed by atoms with Gasteiger partial charge in [-0.3, -0.25) is 9.36 Å². The summed E-state index contributed by atoms with van der Waals surface area (Å²) in [4.78, 5) is 27.1. The normalized spacial score (nSPS) is 26.5. The van der Waals surface area contributed by atoms with Crippen molar-refractivity contribution >= 4 is 16.6 Å². The van der Waals surface area contributed by atoms with E-state index in [1.807, 2.05) is 13.8 Å². The predicted molar refractivity (Wildman–Crippen MR) is 110 cm³/mol. The molecular formula is C20H27FN4O5. The van der Waals surface area contributed by atoms with Gasteiger partial charge in [-0.25, -0.2) is 9.18 Å². The van der Waals surface area contributed by atoms with Crippen molar-refractivity contribution in [1.82, 2.24) is 9.24 Å². The van der Waals surface area contributed by atoms with E-state index in [1.165, 1.54) is 11.7 Å². The molecule has 0 spiro atoms. The summed E-state index contributed by atoms with van der Waals surface area (Å²) in [7, 11) is 1.36.